The molecule has 0 rings (SSSR count). The summed E-state index contributed by atoms with van der Waals surface area (Å²) in [5, 5.41) is 0. The molecule has 60 heavy (non-hydrogen) atoms. The van der Waals surface area contributed by atoms with Crippen LogP contribution in [0.1, 0.15) is 288 Å². The van der Waals surface area contributed by atoms with Gasteiger partial charge in [-0.1, -0.05) is 290 Å². The fourth-order valence-corrected chi connectivity index (χ4v) is 7.29. The van der Waals surface area contributed by atoms with Crippen molar-refractivity contribution in [1.82, 2.24) is 0 Å². The topological polar surface area (TPSA) is 0 Å². The third-order valence-electron chi connectivity index (χ3n) is 11.9. The van der Waals surface area contributed by atoms with Gasteiger partial charge in [0.2, 0.25) is 0 Å². The third-order valence-corrected chi connectivity index (χ3v) is 11.9. The second kappa shape index (κ2) is 57.4. The van der Waals surface area contributed by atoms with Crippen molar-refractivity contribution in [2.75, 3.05) is 0 Å². The van der Waals surface area contributed by atoms with E-state index >= 15 is 0 Å². The molecule has 0 aliphatic carbocycles. The number of hydrogen-bond acceptors (Lipinski definition) is 0. The molecular formula is C60H114. The van der Waals surface area contributed by atoms with Crippen molar-refractivity contribution >= 4 is 0 Å². The zero-order valence-electron chi connectivity index (χ0n) is 43.3. The van der Waals surface area contributed by atoms with Crippen LogP contribution in [-0.2, 0) is 0 Å². The molecule has 0 aliphatic heterocycles. The molecule has 0 heterocycles. The highest BCUT2D eigenvalue weighted by molar-refractivity contribution is 4.99. The third kappa shape index (κ3) is 63.1. The van der Waals surface area contributed by atoms with Crippen molar-refractivity contribution in [2.24, 2.45) is 23.7 Å². The van der Waals surface area contributed by atoms with E-state index in [9.17, 15) is 0 Å². The minimum absolute atomic E-state index is 0.882. The Labute approximate surface area is 382 Å². The van der Waals surface area contributed by atoms with E-state index < -0.39 is 0 Å². The van der Waals surface area contributed by atoms with Crippen LogP contribution in [0.3, 0.4) is 0 Å². The Morgan fingerprint density at radius 1 is 0.250 bits per heavy atom. The van der Waals surface area contributed by atoms with E-state index in [4.69, 9.17) is 0 Å². The molecule has 0 fully saturated rings. The van der Waals surface area contributed by atoms with Gasteiger partial charge in [-0.3, -0.25) is 0 Å². The Kier molecular flexibility index (Phi) is 60.1. The van der Waals surface area contributed by atoms with Gasteiger partial charge in [-0.2, -0.15) is 0 Å². The molecular weight excluding hydrogens is 721 g/mol. The average molecular weight is 836 g/mol. The standard InChI is InChI=1S/C20H42.C20H38.C20H34/c1-7-18(4)12-9-14-20(6)16-10-15-19(5)13-8-11-17(2)3;2*1-3-5-7-9-11-13-15-17-19-20-18-16-14-12-10-8-6-4-2/h17-20H,7-16H2,1-6H3;11,13,17,19H,3-10,12,14-16,18,20H2,1-2H3;9,11-12,14-15,17-18,20H,3-8,10,13,16,19H2,1-2H3/b;13-11-,19-17-;11-9-,14-12-,17-15-,20-18-. The van der Waals surface area contributed by atoms with Gasteiger partial charge in [0.1, 0.15) is 0 Å². The molecule has 0 nitrogen and oxygen atoms in total. The molecule has 0 aromatic carbocycles. The van der Waals surface area contributed by atoms with Gasteiger partial charge in [0, 0.05) is 0 Å². The minimum Gasteiger partial charge on any atom is -0.0882 e. The predicted molar refractivity (Wildman–Crippen MR) is 283 cm³/mol. The van der Waals surface area contributed by atoms with E-state index in [-0.39, 0.29) is 0 Å². The first-order valence-electron chi connectivity index (χ1n) is 27.2. The smallest absolute Gasteiger partial charge is 0.0169 e. The summed E-state index contributed by atoms with van der Waals surface area (Å²) in [5.41, 5.74) is 0. The normalized spacial score (nSPS) is 13.7. The van der Waals surface area contributed by atoms with E-state index in [1.807, 2.05) is 0 Å². The molecule has 0 spiro atoms. The molecule has 0 aliphatic rings. The molecule has 0 saturated carbocycles. The molecule has 3 unspecified atom stereocenters. The summed E-state index contributed by atoms with van der Waals surface area (Å²) in [4.78, 5) is 0. The van der Waals surface area contributed by atoms with Crippen LogP contribution < -0.4 is 0 Å². The molecule has 0 bridgehead atoms. The summed E-state index contributed by atoms with van der Waals surface area (Å²) in [6.45, 7) is 23.3. The quantitative estimate of drug-likeness (QED) is 0.0425. The van der Waals surface area contributed by atoms with Crippen LogP contribution in [0.4, 0.5) is 0 Å². The summed E-state index contributed by atoms with van der Waals surface area (Å²) in [7, 11) is 0. The van der Waals surface area contributed by atoms with Crippen molar-refractivity contribution < 1.29 is 0 Å². The van der Waals surface area contributed by atoms with Crippen LogP contribution in [-0.4, -0.2) is 0 Å². The van der Waals surface area contributed by atoms with Gasteiger partial charge < -0.3 is 0 Å². The van der Waals surface area contributed by atoms with Crippen LogP contribution >= 0.6 is 0 Å². The Bertz CT molecular complexity index is 924. The summed E-state index contributed by atoms with van der Waals surface area (Å²) in [6.07, 6.45) is 73.3. The van der Waals surface area contributed by atoms with E-state index in [1.165, 1.54) is 193 Å². The van der Waals surface area contributed by atoms with Gasteiger partial charge in [0.25, 0.3) is 0 Å². The second-order valence-corrected chi connectivity index (χ2v) is 19.1. The Morgan fingerprint density at radius 3 is 0.867 bits per heavy atom. The van der Waals surface area contributed by atoms with Gasteiger partial charge in [-0.15, -0.1) is 0 Å². The monoisotopic (exact) mass is 835 g/mol. The molecule has 3 atom stereocenters. The van der Waals surface area contributed by atoms with Crippen LogP contribution in [0.2, 0.25) is 0 Å². The lowest BCUT2D eigenvalue weighted by molar-refractivity contribution is 0.376. The first kappa shape index (κ1) is 62.7. The lowest BCUT2D eigenvalue weighted by atomic mass is 9.91. The fourth-order valence-electron chi connectivity index (χ4n) is 7.29. The van der Waals surface area contributed by atoms with Crippen molar-refractivity contribution in [3.05, 3.63) is 72.9 Å². The van der Waals surface area contributed by atoms with Crippen LogP contribution in [0, 0.1) is 23.7 Å². The molecule has 0 aromatic rings. The van der Waals surface area contributed by atoms with Gasteiger partial charge in [0.15, 0.2) is 0 Å². The first-order valence-corrected chi connectivity index (χ1v) is 27.2. The molecule has 0 aromatic heterocycles. The maximum Gasteiger partial charge on any atom is -0.0169 e. The van der Waals surface area contributed by atoms with Gasteiger partial charge in [-0.05, 0) is 94.3 Å². The highest BCUT2D eigenvalue weighted by Crippen LogP contribution is 2.22. The lowest BCUT2D eigenvalue weighted by Gasteiger charge is -2.15. The highest BCUT2D eigenvalue weighted by atomic mass is 14.1. The molecule has 0 radical (unpaired) electrons. The maximum absolute atomic E-state index is 2.46. The highest BCUT2D eigenvalue weighted by Gasteiger charge is 2.07. The summed E-state index contributed by atoms with van der Waals surface area (Å²) in [6, 6.07) is 0. The minimum atomic E-state index is 0.882. The van der Waals surface area contributed by atoms with Crippen LogP contribution in [0.15, 0.2) is 72.9 Å². The summed E-state index contributed by atoms with van der Waals surface area (Å²) in [5.74, 6) is 3.71. The number of allylic oxidation sites excluding steroid dienone is 12. The first-order chi connectivity index (χ1) is 29.3. The fraction of sp³-hybridized carbons (Fsp3) is 0.800. The largest absolute Gasteiger partial charge is 0.0882 e. The second-order valence-electron chi connectivity index (χ2n) is 19.1. The van der Waals surface area contributed by atoms with Gasteiger partial charge >= 0.3 is 0 Å². The number of rotatable bonds is 41. The Morgan fingerprint density at radius 2 is 0.517 bits per heavy atom. The van der Waals surface area contributed by atoms with E-state index in [1.54, 1.807) is 0 Å². The van der Waals surface area contributed by atoms with E-state index in [0.29, 0.717) is 0 Å². The van der Waals surface area contributed by atoms with Crippen molar-refractivity contribution in [1.29, 1.82) is 0 Å². The number of unbranched alkanes of at least 4 members (excludes halogenated alkanes) is 16. The van der Waals surface area contributed by atoms with Crippen LogP contribution in [0.25, 0.3) is 0 Å². The van der Waals surface area contributed by atoms with Crippen molar-refractivity contribution in [3.63, 3.8) is 0 Å². The molecule has 0 N–H and O–H groups in total. The maximum atomic E-state index is 2.46. The van der Waals surface area contributed by atoms with Gasteiger partial charge in [0.05, 0.1) is 0 Å². The molecule has 0 saturated heterocycles. The van der Waals surface area contributed by atoms with Crippen molar-refractivity contribution in [2.45, 2.75) is 288 Å². The Balaban J connectivity index is -0.000000812. The zero-order chi connectivity index (χ0) is 44.8. The lowest BCUT2D eigenvalue weighted by Crippen LogP contribution is -2.01. The average Bonchev–Trinajstić information content (AvgIpc) is 3.23. The Hall–Kier alpha value is -1.56. The van der Waals surface area contributed by atoms with E-state index in [0.717, 1.165) is 49.4 Å². The van der Waals surface area contributed by atoms with Crippen molar-refractivity contribution in [3.8, 4) is 0 Å². The molecule has 354 valence electrons. The SMILES string of the molecule is CCC(C)CCCC(C)CCCC(C)CCCC(C)C.CCCC/C=C\C/C=C\C/C=C\C/C=C\CCCCC.CCCCC/C=C\C/C=C\CCCCCCCCCC. The van der Waals surface area contributed by atoms with Gasteiger partial charge in [-0.25, -0.2) is 0 Å². The summed E-state index contributed by atoms with van der Waals surface area (Å²) >= 11 is 0. The molecule has 0 heteroatoms. The van der Waals surface area contributed by atoms with E-state index in [2.05, 4.69) is 142 Å². The summed E-state index contributed by atoms with van der Waals surface area (Å²) < 4.78 is 0. The predicted octanol–water partition coefficient (Wildman–Crippen LogP) is 22.2. The number of hydrogen-bond donors (Lipinski definition) is 0. The molecule has 0 amide bonds. The zero-order valence-corrected chi connectivity index (χ0v) is 43.3. The van der Waals surface area contributed by atoms with Crippen LogP contribution in [0.5, 0.6) is 0 Å².